The van der Waals surface area contributed by atoms with Gasteiger partial charge in [-0.2, -0.15) is 0 Å². The maximum Gasteiger partial charge on any atom is 0.230 e. The lowest BCUT2D eigenvalue weighted by molar-refractivity contribution is -0.123. The Morgan fingerprint density at radius 1 is 1.28 bits per heavy atom. The van der Waals surface area contributed by atoms with Crippen LogP contribution in [0.1, 0.15) is 64.3 Å². The first-order valence-corrected chi connectivity index (χ1v) is 11.0. The van der Waals surface area contributed by atoms with Gasteiger partial charge in [-0.25, -0.2) is 4.98 Å². The maximum atomic E-state index is 12.6. The molecule has 25 heavy (non-hydrogen) atoms. The second-order valence-electron chi connectivity index (χ2n) is 9.21. The molecule has 4 nitrogen and oxygen atoms in total. The second kappa shape index (κ2) is 6.04. The van der Waals surface area contributed by atoms with E-state index < -0.39 is 0 Å². The Morgan fingerprint density at radius 2 is 1.92 bits per heavy atom. The number of nitrogens with one attached hydrogen (secondary N) is 1. The monoisotopic (exact) mass is 359 g/mol. The molecule has 1 unspecified atom stereocenters. The van der Waals surface area contributed by atoms with Crippen LogP contribution in [-0.2, 0) is 4.79 Å². The first kappa shape index (κ1) is 16.2. The lowest BCUT2D eigenvalue weighted by Crippen LogP contribution is -2.56. The van der Waals surface area contributed by atoms with Gasteiger partial charge >= 0.3 is 0 Å². The normalized spacial score (nSPS) is 37.2. The number of thioether (sulfide) groups is 1. The summed E-state index contributed by atoms with van der Waals surface area (Å²) in [6, 6.07) is 0.941. The van der Waals surface area contributed by atoms with Gasteiger partial charge in [0.1, 0.15) is 0 Å². The molecular formula is C20H29N3OS. The van der Waals surface area contributed by atoms with Gasteiger partial charge in [-0.05, 0) is 81.5 Å². The molecule has 5 heteroatoms. The van der Waals surface area contributed by atoms with Crippen LogP contribution in [0.5, 0.6) is 0 Å². The van der Waals surface area contributed by atoms with Crippen molar-refractivity contribution in [2.24, 2.45) is 23.2 Å². The van der Waals surface area contributed by atoms with E-state index in [1.165, 1.54) is 51.4 Å². The maximum absolute atomic E-state index is 12.6. The standard InChI is InChI=1S/C20H29N3OS/c1-13(20-9-14-6-15(10-20)8-16(7-14)11-20)22-18(24)12-25-19-21-4-5-23(19)17-2-3-17/h4-5,13-17H,2-3,6-12H2,1H3,(H,22,24). The number of carbonyl (C=O) groups is 1. The summed E-state index contributed by atoms with van der Waals surface area (Å²) in [6.45, 7) is 2.26. The van der Waals surface area contributed by atoms with Crippen LogP contribution in [0.3, 0.4) is 0 Å². The molecule has 5 aliphatic carbocycles. The van der Waals surface area contributed by atoms with Crippen LogP contribution in [0.2, 0.25) is 0 Å². The van der Waals surface area contributed by atoms with Crippen molar-refractivity contribution in [3.05, 3.63) is 12.4 Å². The Balaban J connectivity index is 1.19. The average Bonchev–Trinajstić information content (AvgIpc) is 3.30. The molecule has 0 spiro atoms. The fourth-order valence-electron chi connectivity index (χ4n) is 6.32. The minimum Gasteiger partial charge on any atom is -0.352 e. The summed E-state index contributed by atoms with van der Waals surface area (Å²) in [6.07, 6.45) is 14.8. The van der Waals surface area contributed by atoms with Gasteiger partial charge in [-0.3, -0.25) is 4.79 Å². The van der Waals surface area contributed by atoms with Crippen LogP contribution < -0.4 is 5.32 Å². The summed E-state index contributed by atoms with van der Waals surface area (Å²) in [4.78, 5) is 17.0. The highest BCUT2D eigenvalue weighted by atomic mass is 32.2. The third kappa shape index (κ3) is 3.02. The molecule has 1 aromatic rings. The zero-order valence-corrected chi connectivity index (χ0v) is 15.9. The van der Waals surface area contributed by atoms with Gasteiger partial charge in [-0.15, -0.1) is 0 Å². The largest absolute Gasteiger partial charge is 0.352 e. The van der Waals surface area contributed by atoms with Crippen molar-refractivity contribution < 1.29 is 4.79 Å². The smallest absolute Gasteiger partial charge is 0.230 e. The van der Waals surface area contributed by atoms with E-state index in [2.05, 4.69) is 28.0 Å². The lowest BCUT2D eigenvalue weighted by Gasteiger charge is -2.59. The number of imidazole rings is 1. The van der Waals surface area contributed by atoms with Crippen LogP contribution in [0.15, 0.2) is 17.6 Å². The molecule has 0 radical (unpaired) electrons. The number of nitrogens with zero attached hydrogens (tertiary/aromatic N) is 2. The van der Waals surface area contributed by atoms with E-state index in [0.717, 1.165) is 22.9 Å². The van der Waals surface area contributed by atoms with Gasteiger partial charge in [0.05, 0.1) is 5.75 Å². The van der Waals surface area contributed by atoms with Crippen LogP contribution in [0, 0.1) is 23.2 Å². The second-order valence-corrected chi connectivity index (χ2v) is 10.1. The Morgan fingerprint density at radius 3 is 2.52 bits per heavy atom. The van der Waals surface area contributed by atoms with Crippen molar-refractivity contribution in [2.75, 3.05) is 5.75 Å². The molecule has 0 aromatic carbocycles. The predicted molar refractivity (Wildman–Crippen MR) is 99.4 cm³/mol. The van der Waals surface area contributed by atoms with E-state index in [1.807, 2.05) is 6.20 Å². The number of hydrogen-bond acceptors (Lipinski definition) is 3. The molecule has 1 N–H and O–H groups in total. The minimum atomic E-state index is 0.179. The van der Waals surface area contributed by atoms with Crippen molar-refractivity contribution in [3.8, 4) is 0 Å². The number of hydrogen-bond donors (Lipinski definition) is 1. The Labute approximate surface area is 154 Å². The van der Waals surface area contributed by atoms with Crippen molar-refractivity contribution in [1.29, 1.82) is 0 Å². The summed E-state index contributed by atoms with van der Waals surface area (Å²) in [5.41, 5.74) is 0.390. The molecule has 1 heterocycles. The summed E-state index contributed by atoms with van der Waals surface area (Å²) < 4.78 is 2.24. The lowest BCUT2D eigenvalue weighted by atomic mass is 9.48. The van der Waals surface area contributed by atoms with Crippen molar-refractivity contribution in [3.63, 3.8) is 0 Å². The fraction of sp³-hybridized carbons (Fsp3) is 0.800. The Hall–Kier alpha value is -0.970. The summed E-state index contributed by atoms with van der Waals surface area (Å²) >= 11 is 1.59. The van der Waals surface area contributed by atoms with E-state index in [1.54, 1.807) is 11.8 Å². The molecule has 4 bridgehead atoms. The number of rotatable bonds is 6. The Kier molecular flexibility index (Phi) is 3.92. The van der Waals surface area contributed by atoms with Crippen molar-refractivity contribution >= 4 is 17.7 Å². The number of amides is 1. The SMILES string of the molecule is CC(NC(=O)CSc1nccn1C1CC1)C12CC3CC(CC(C3)C1)C2. The predicted octanol–water partition coefficient (Wildman–Crippen LogP) is 4.03. The van der Waals surface area contributed by atoms with Gasteiger partial charge in [0.2, 0.25) is 5.91 Å². The quantitative estimate of drug-likeness (QED) is 0.780. The van der Waals surface area contributed by atoms with Crippen molar-refractivity contribution in [1.82, 2.24) is 14.9 Å². The molecule has 1 amide bonds. The van der Waals surface area contributed by atoms with Crippen LogP contribution in [-0.4, -0.2) is 27.3 Å². The van der Waals surface area contributed by atoms with Crippen molar-refractivity contribution in [2.45, 2.75) is 75.5 Å². The van der Waals surface area contributed by atoms with Gasteiger partial charge in [0.25, 0.3) is 0 Å². The molecule has 6 rings (SSSR count). The zero-order chi connectivity index (χ0) is 17.0. The summed E-state index contributed by atoms with van der Waals surface area (Å²) in [5.74, 6) is 3.47. The van der Waals surface area contributed by atoms with E-state index >= 15 is 0 Å². The molecule has 5 aliphatic rings. The van der Waals surface area contributed by atoms with Gasteiger partial charge in [0.15, 0.2) is 5.16 Å². The summed E-state index contributed by atoms with van der Waals surface area (Å²) in [7, 11) is 0. The molecule has 0 saturated heterocycles. The molecule has 1 atom stereocenters. The number of aromatic nitrogens is 2. The highest BCUT2D eigenvalue weighted by Gasteiger charge is 2.53. The molecule has 1 aromatic heterocycles. The first-order chi connectivity index (χ1) is 12.1. The topological polar surface area (TPSA) is 46.9 Å². The summed E-state index contributed by atoms with van der Waals surface area (Å²) in [5, 5.41) is 4.37. The minimum absolute atomic E-state index is 0.179. The van der Waals surface area contributed by atoms with Gasteiger partial charge in [-0.1, -0.05) is 11.8 Å². The molecular weight excluding hydrogens is 330 g/mol. The highest BCUT2D eigenvalue weighted by Crippen LogP contribution is 2.61. The van der Waals surface area contributed by atoms with E-state index in [4.69, 9.17) is 0 Å². The van der Waals surface area contributed by atoms with Crippen LogP contribution >= 0.6 is 11.8 Å². The third-order valence-electron chi connectivity index (χ3n) is 7.29. The Bertz CT molecular complexity index is 630. The highest BCUT2D eigenvalue weighted by molar-refractivity contribution is 7.99. The van der Waals surface area contributed by atoms with Crippen LogP contribution in [0.4, 0.5) is 0 Å². The third-order valence-corrected chi connectivity index (χ3v) is 8.27. The van der Waals surface area contributed by atoms with Crippen LogP contribution in [0.25, 0.3) is 0 Å². The molecule has 0 aliphatic heterocycles. The number of carbonyl (C=O) groups excluding carboxylic acids is 1. The van der Waals surface area contributed by atoms with E-state index in [0.29, 0.717) is 23.3 Å². The molecule has 136 valence electrons. The zero-order valence-electron chi connectivity index (χ0n) is 15.1. The van der Waals surface area contributed by atoms with Gasteiger partial charge in [0, 0.05) is 24.5 Å². The average molecular weight is 360 g/mol. The van der Waals surface area contributed by atoms with E-state index in [9.17, 15) is 4.79 Å². The first-order valence-electron chi connectivity index (χ1n) is 10.1. The molecule has 5 saturated carbocycles. The van der Waals surface area contributed by atoms with E-state index in [-0.39, 0.29) is 5.91 Å². The fourth-order valence-corrected chi connectivity index (χ4v) is 7.15. The van der Waals surface area contributed by atoms with Gasteiger partial charge < -0.3 is 9.88 Å². The molecule has 5 fully saturated rings.